The Morgan fingerprint density at radius 1 is 1.05 bits per heavy atom. The topological polar surface area (TPSA) is 180 Å². The predicted molar refractivity (Wildman–Crippen MR) is 237 cm³/mol. The Bertz CT molecular complexity index is 2480. The van der Waals surface area contributed by atoms with E-state index in [9.17, 15) is 22.8 Å². The number of amides is 2. The van der Waals surface area contributed by atoms with E-state index in [1.165, 1.54) is 18.7 Å². The van der Waals surface area contributed by atoms with Crippen molar-refractivity contribution in [3.63, 3.8) is 0 Å². The van der Waals surface area contributed by atoms with Crippen molar-refractivity contribution in [1.82, 2.24) is 19.6 Å². The zero-order valence-corrected chi connectivity index (χ0v) is 38.0. The molecule has 14 nitrogen and oxygen atoms in total. The molecule has 1 aromatic carbocycles. The summed E-state index contributed by atoms with van der Waals surface area (Å²) in [6.45, 7) is 7.63. The van der Waals surface area contributed by atoms with Crippen molar-refractivity contribution in [1.29, 1.82) is 0 Å². The molecule has 63 heavy (non-hydrogen) atoms. The Kier molecular flexibility index (Phi) is 12.1. The maximum atomic E-state index is 15.2. The maximum absolute atomic E-state index is 15.2. The Morgan fingerprint density at radius 3 is 2.49 bits per heavy atom. The van der Waals surface area contributed by atoms with Gasteiger partial charge in [0.15, 0.2) is 5.78 Å². The second kappa shape index (κ2) is 18.2. The molecular formula is C48H62N4O10S. The van der Waals surface area contributed by atoms with Crippen molar-refractivity contribution in [2.24, 2.45) is 29.1 Å². The van der Waals surface area contributed by atoms with Crippen LogP contribution in [0.5, 0.6) is 17.4 Å². The number of sulfonamides is 1. The zero-order valence-electron chi connectivity index (χ0n) is 40.2. The number of methoxy groups -OCH3 is 1. The summed E-state index contributed by atoms with van der Waals surface area (Å²) in [5.41, 5.74) is -2.17. The molecule has 1 N–H and O–H groups in total. The number of pyridine rings is 2. The Labute approximate surface area is 375 Å². The second-order valence-corrected chi connectivity index (χ2v) is 20.8. The fraction of sp³-hybridized carbons (Fsp3) is 0.583. The minimum absolute atomic E-state index is 0.000223. The van der Waals surface area contributed by atoms with E-state index in [-0.39, 0.29) is 43.7 Å². The van der Waals surface area contributed by atoms with Gasteiger partial charge in [0.1, 0.15) is 23.2 Å². The molecule has 4 aliphatic rings. The smallest absolute Gasteiger partial charge is 0.307 e. The molecule has 3 aromatic rings. The molecular weight excluding hydrogens is 825 g/mol. The highest BCUT2D eigenvalue weighted by atomic mass is 32.2. The molecule has 4 heterocycles. The lowest BCUT2D eigenvalue weighted by atomic mass is 9.82. The first-order valence-electron chi connectivity index (χ1n) is 23.6. The molecule has 0 bridgehead atoms. The van der Waals surface area contributed by atoms with Crippen LogP contribution < -0.4 is 18.9 Å². The molecule has 1 saturated heterocycles. The van der Waals surface area contributed by atoms with Crippen molar-refractivity contribution in [2.45, 2.75) is 135 Å². The van der Waals surface area contributed by atoms with Gasteiger partial charge in [-0.05, 0) is 133 Å². The normalized spacial score (nSPS) is 28.3. The molecule has 2 aromatic heterocycles. The molecule has 15 heteroatoms. The lowest BCUT2D eigenvalue weighted by molar-refractivity contribution is -0.160. The SMILES string of the molecule is [2H]C([2H])([2H])C(C)(C)OC(=O)C[C@@H]1C(=O)N2C[C@H](Oc3nc(-c4ccc(OC(C)C)cn4)cc4cc(OC)ccc34)C[C@H]2C(=O)C[C@]2(C(=O)NS(=O)(=O)C3CC3)C[C@H]2/C=C\CC[C@H](C)C[C@H]1C. The molecule has 2 aliphatic carbocycles. The van der Waals surface area contributed by atoms with Gasteiger partial charge in [-0.1, -0.05) is 26.0 Å². The number of ether oxygens (including phenoxy) is 4. The Morgan fingerprint density at radius 2 is 1.81 bits per heavy atom. The van der Waals surface area contributed by atoms with Crippen LogP contribution >= 0.6 is 0 Å². The minimum Gasteiger partial charge on any atom is -0.497 e. The summed E-state index contributed by atoms with van der Waals surface area (Å²) in [4.78, 5) is 68.8. The highest BCUT2D eigenvalue weighted by Gasteiger charge is 2.61. The maximum Gasteiger partial charge on any atom is 0.307 e. The predicted octanol–water partition coefficient (Wildman–Crippen LogP) is 7.38. The first kappa shape index (κ1) is 41.9. The van der Waals surface area contributed by atoms with Crippen LogP contribution in [0, 0.1) is 29.1 Å². The summed E-state index contributed by atoms with van der Waals surface area (Å²) >= 11 is 0. The van der Waals surface area contributed by atoms with E-state index in [1.54, 1.807) is 31.5 Å². The van der Waals surface area contributed by atoms with E-state index >= 15 is 4.79 Å². The van der Waals surface area contributed by atoms with Crippen molar-refractivity contribution < 1.29 is 50.7 Å². The summed E-state index contributed by atoms with van der Waals surface area (Å²) in [5.74, 6) is -2.89. The number of Topliss-reactive ketones (excluding diaryl/α,β-unsaturated/α-hetero) is 1. The van der Waals surface area contributed by atoms with Gasteiger partial charge >= 0.3 is 5.97 Å². The third-order valence-electron chi connectivity index (χ3n) is 12.6. The number of benzene rings is 1. The van der Waals surface area contributed by atoms with Crippen molar-refractivity contribution >= 4 is 44.4 Å². The Balaban J connectivity index is 1.26. The van der Waals surface area contributed by atoms with Crippen LogP contribution in [-0.2, 0) is 33.9 Å². The van der Waals surface area contributed by atoms with E-state index < -0.39 is 93.0 Å². The molecule has 2 aliphatic heterocycles. The van der Waals surface area contributed by atoms with Gasteiger partial charge in [0, 0.05) is 22.3 Å². The van der Waals surface area contributed by atoms with Crippen LogP contribution in [0.2, 0.25) is 0 Å². The summed E-state index contributed by atoms with van der Waals surface area (Å²) in [6.07, 6.45) is 6.90. The van der Waals surface area contributed by atoms with Crippen LogP contribution in [0.1, 0.15) is 110 Å². The van der Waals surface area contributed by atoms with E-state index in [0.717, 1.165) is 11.8 Å². The van der Waals surface area contributed by atoms with Gasteiger partial charge < -0.3 is 23.8 Å². The highest BCUT2D eigenvalue weighted by molar-refractivity contribution is 7.90. The number of fused-ring (bicyclic) bond motifs is 3. The van der Waals surface area contributed by atoms with E-state index in [4.69, 9.17) is 28.0 Å². The fourth-order valence-electron chi connectivity index (χ4n) is 9.08. The number of hydrogen-bond acceptors (Lipinski definition) is 12. The third kappa shape index (κ3) is 10.8. The minimum atomic E-state index is -3.93. The summed E-state index contributed by atoms with van der Waals surface area (Å²) in [6, 6.07) is 9.72. The van der Waals surface area contributed by atoms with Crippen LogP contribution in [-0.4, -0.2) is 89.6 Å². The van der Waals surface area contributed by atoms with Crippen molar-refractivity contribution in [3.05, 3.63) is 54.7 Å². The number of rotatable bonds is 11. The molecule has 0 spiro atoms. The number of ketones is 1. The number of hydrogen-bond donors (Lipinski definition) is 1. The second-order valence-electron chi connectivity index (χ2n) is 18.8. The molecule has 0 unspecified atom stereocenters. The molecule has 2 saturated carbocycles. The van der Waals surface area contributed by atoms with Crippen molar-refractivity contribution in [2.75, 3.05) is 13.7 Å². The average Bonchev–Trinajstić information content (AvgIpc) is 4.17. The monoisotopic (exact) mass is 889 g/mol. The number of nitrogens with one attached hydrogen (secondary N) is 1. The van der Waals surface area contributed by atoms with Crippen LogP contribution in [0.15, 0.2) is 54.7 Å². The molecule has 3 fully saturated rings. The van der Waals surface area contributed by atoms with E-state index in [2.05, 4.69) is 9.71 Å². The quantitative estimate of drug-likeness (QED) is 0.149. The summed E-state index contributed by atoms with van der Waals surface area (Å²) < 4.78 is 75.9. The summed E-state index contributed by atoms with van der Waals surface area (Å²) in [7, 11) is -2.37. The highest BCUT2D eigenvalue weighted by Crippen LogP contribution is 2.57. The van der Waals surface area contributed by atoms with Gasteiger partial charge in [-0.2, -0.15) is 0 Å². The van der Waals surface area contributed by atoms with Gasteiger partial charge in [0.2, 0.25) is 27.7 Å². The number of aromatic nitrogens is 2. The van der Waals surface area contributed by atoms with Gasteiger partial charge in [0.25, 0.3) is 0 Å². The van der Waals surface area contributed by atoms with Gasteiger partial charge in [0.05, 0.1) is 66.4 Å². The Hall–Kier alpha value is -5.05. The largest absolute Gasteiger partial charge is 0.497 e. The van der Waals surface area contributed by atoms with Gasteiger partial charge in [-0.25, -0.2) is 13.4 Å². The first-order valence-corrected chi connectivity index (χ1v) is 23.6. The van der Waals surface area contributed by atoms with Crippen LogP contribution in [0.4, 0.5) is 0 Å². The average molecular weight is 890 g/mol. The van der Waals surface area contributed by atoms with Crippen molar-refractivity contribution in [3.8, 4) is 28.8 Å². The van der Waals surface area contributed by atoms with Crippen LogP contribution in [0.3, 0.4) is 0 Å². The van der Waals surface area contributed by atoms with Gasteiger partial charge in [-0.3, -0.25) is 28.9 Å². The standard InChI is InChI=1S/C48H62N4O10S/c1-28(2)60-34-14-18-39(49-26-34)40-21-31-20-33(59-8)13-17-37(31)44(50-40)61-35-22-41-42(53)25-48(46(56)51-63(57,58)36-15-16-36)24-32(48)12-10-9-11-29(3)19-30(4)38(45(55)52(41)27-35)23-43(54)62-47(5,6)7/h10,12-14,17-18,20-21,26,28-30,32,35-36,38,41H,9,11,15-16,19,22-25,27H2,1-8H3,(H,51,56)/b12-10-/t29-,30+,32+,35+,38-,41-,48+/m0/s1/i5D3. The molecule has 0 radical (unpaired) electrons. The first-order chi connectivity index (χ1) is 31.0. The van der Waals surface area contributed by atoms with Gasteiger partial charge in [-0.15, -0.1) is 0 Å². The number of allylic oxidation sites excluding steroid dienone is 2. The molecule has 2 amide bonds. The lowest BCUT2D eigenvalue weighted by Gasteiger charge is -2.32. The van der Waals surface area contributed by atoms with E-state index in [1.807, 2.05) is 58.0 Å². The number of carbonyl (C=O) groups excluding carboxylic acids is 4. The molecule has 340 valence electrons. The lowest BCUT2D eigenvalue weighted by Crippen LogP contribution is -2.47. The van der Waals surface area contributed by atoms with Crippen LogP contribution in [0.25, 0.3) is 22.2 Å². The van der Waals surface area contributed by atoms with E-state index in [0.29, 0.717) is 54.0 Å². The molecule has 7 rings (SSSR count). The zero-order chi connectivity index (χ0) is 47.9. The molecule has 7 atom stereocenters. The number of carbonyl (C=O) groups is 4. The number of nitrogens with zero attached hydrogens (tertiary/aromatic N) is 3. The summed E-state index contributed by atoms with van der Waals surface area (Å²) in [5, 5.41) is 0.698. The number of esters is 1. The fourth-order valence-corrected chi connectivity index (χ4v) is 10.5. The third-order valence-corrected chi connectivity index (χ3v) is 14.4.